The molecule has 0 spiro atoms. The number of rotatable bonds is 1. The molecule has 2 aliphatic rings. The molecule has 5 atom stereocenters. The monoisotopic (exact) mass is 234 g/mol. The van der Waals surface area contributed by atoms with Crippen LogP contribution in [-0.4, -0.2) is 47.0 Å². The molecule has 2 rings (SSSR count). The van der Waals surface area contributed by atoms with Crippen LogP contribution in [0.5, 0.6) is 0 Å². The van der Waals surface area contributed by atoms with Crippen LogP contribution < -0.4 is 0 Å². The second-order valence-electron chi connectivity index (χ2n) is 4.50. The molecule has 2 saturated heterocycles. The minimum absolute atomic E-state index is 0.0439. The molecule has 2 heterocycles. The van der Waals surface area contributed by atoms with Crippen molar-refractivity contribution in [3.63, 3.8) is 0 Å². The summed E-state index contributed by atoms with van der Waals surface area (Å²) < 4.78 is 17.1. The Kier molecular flexibility index (Phi) is 3.03. The predicted molar refractivity (Wildman–Crippen MR) is 57.7 cm³/mol. The van der Waals surface area contributed by atoms with Crippen LogP contribution in [0.3, 0.4) is 0 Å². The van der Waals surface area contributed by atoms with Crippen molar-refractivity contribution in [2.45, 2.75) is 56.4 Å². The van der Waals surface area contributed by atoms with Crippen molar-refractivity contribution in [2.24, 2.45) is 0 Å². The van der Waals surface area contributed by atoms with Crippen LogP contribution in [0.2, 0.25) is 0 Å². The first-order chi connectivity index (χ1) is 6.94. The summed E-state index contributed by atoms with van der Waals surface area (Å²) >= 11 is 1.50. The molecule has 4 nitrogen and oxygen atoms in total. The minimum atomic E-state index is -0.624. The smallest absolute Gasteiger partial charge is 0.164 e. The lowest BCUT2D eigenvalue weighted by molar-refractivity contribution is -0.153. The lowest BCUT2D eigenvalue weighted by atomic mass is 10.0. The van der Waals surface area contributed by atoms with Crippen molar-refractivity contribution in [1.29, 1.82) is 0 Å². The molecule has 2 aliphatic heterocycles. The summed E-state index contributed by atoms with van der Waals surface area (Å²) in [6, 6.07) is 0. The summed E-state index contributed by atoms with van der Waals surface area (Å²) in [4.78, 5) is 0. The Morgan fingerprint density at radius 1 is 1.20 bits per heavy atom. The summed E-state index contributed by atoms with van der Waals surface area (Å²) in [6.07, 6.45) is 0.808. The summed E-state index contributed by atoms with van der Waals surface area (Å²) in [6.45, 7) is 5.68. The average Bonchev–Trinajstić information content (AvgIpc) is 2.48. The van der Waals surface area contributed by atoms with E-state index in [1.165, 1.54) is 11.8 Å². The molecule has 0 unspecified atom stereocenters. The number of aliphatic hydroxyl groups is 1. The van der Waals surface area contributed by atoms with Gasteiger partial charge in [0.1, 0.15) is 23.7 Å². The fourth-order valence-corrected chi connectivity index (χ4v) is 2.88. The third kappa shape index (κ3) is 2.03. The number of hydrogen-bond acceptors (Lipinski definition) is 5. The zero-order chi connectivity index (χ0) is 11.2. The van der Waals surface area contributed by atoms with E-state index in [1.54, 1.807) is 0 Å². The van der Waals surface area contributed by atoms with Gasteiger partial charge in [0, 0.05) is 0 Å². The van der Waals surface area contributed by atoms with Crippen LogP contribution in [0.25, 0.3) is 0 Å². The number of thioether (sulfide) groups is 1. The van der Waals surface area contributed by atoms with Gasteiger partial charge in [-0.3, -0.25) is 0 Å². The predicted octanol–water partition coefficient (Wildman–Crippen LogP) is 0.975. The Morgan fingerprint density at radius 3 is 2.40 bits per heavy atom. The van der Waals surface area contributed by atoms with Crippen LogP contribution in [0.4, 0.5) is 0 Å². The topological polar surface area (TPSA) is 47.9 Å². The summed E-state index contributed by atoms with van der Waals surface area (Å²) in [5, 5.41) is 10.0. The van der Waals surface area contributed by atoms with Gasteiger partial charge in [0.15, 0.2) is 5.79 Å². The molecular formula is C10H18O4S. The van der Waals surface area contributed by atoms with E-state index in [2.05, 4.69) is 0 Å². The Morgan fingerprint density at radius 2 is 1.80 bits per heavy atom. The number of ether oxygens (including phenoxy) is 3. The minimum Gasteiger partial charge on any atom is -0.387 e. The SMILES string of the molecule is CS[C@H]1O[C@@H](C)[C@H]2OC(C)(C)O[C@H]2[C@@H]1O. The first-order valence-corrected chi connectivity index (χ1v) is 6.45. The fourth-order valence-electron chi connectivity index (χ4n) is 2.16. The van der Waals surface area contributed by atoms with Crippen LogP contribution in [0.15, 0.2) is 0 Å². The van der Waals surface area contributed by atoms with Gasteiger partial charge in [0.2, 0.25) is 0 Å². The first-order valence-electron chi connectivity index (χ1n) is 5.16. The van der Waals surface area contributed by atoms with E-state index in [1.807, 2.05) is 27.0 Å². The fraction of sp³-hybridized carbons (Fsp3) is 1.00. The van der Waals surface area contributed by atoms with Gasteiger partial charge in [-0.2, -0.15) is 0 Å². The Hall–Kier alpha value is 0.190. The van der Waals surface area contributed by atoms with E-state index in [0.29, 0.717) is 0 Å². The molecule has 0 aromatic rings. The molecule has 0 aromatic heterocycles. The highest BCUT2D eigenvalue weighted by Crippen LogP contribution is 2.39. The normalized spacial score (nSPS) is 49.0. The zero-order valence-corrected chi connectivity index (χ0v) is 10.3. The molecule has 2 fully saturated rings. The summed E-state index contributed by atoms with van der Waals surface area (Å²) in [5.41, 5.74) is -0.223. The van der Waals surface area contributed by atoms with E-state index in [4.69, 9.17) is 14.2 Å². The highest BCUT2D eigenvalue weighted by molar-refractivity contribution is 7.99. The molecular weight excluding hydrogens is 216 g/mol. The van der Waals surface area contributed by atoms with Gasteiger partial charge in [-0.1, -0.05) is 0 Å². The lowest BCUT2D eigenvalue weighted by Crippen LogP contribution is -2.54. The number of fused-ring (bicyclic) bond motifs is 1. The second kappa shape index (κ2) is 3.89. The summed E-state index contributed by atoms with van der Waals surface area (Å²) in [7, 11) is 0. The number of hydrogen-bond donors (Lipinski definition) is 1. The second-order valence-corrected chi connectivity index (χ2v) is 5.44. The largest absolute Gasteiger partial charge is 0.387 e. The highest BCUT2D eigenvalue weighted by atomic mass is 32.2. The van der Waals surface area contributed by atoms with Gasteiger partial charge in [0.05, 0.1) is 6.10 Å². The average molecular weight is 234 g/mol. The van der Waals surface area contributed by atoms with Crippen molar-refractivity contribution in [3.05, 3.63) is 0 Å². The highest BCUT2D eigenvalue weighted by Gasteiger charge is 2.53. The Bertz CT molecular complexity index is 246. The maximum absolute atomic E-state index is 10.0. The van der Waals surface area contributed by atoms with Crippen LogP contribution in [-0.2, 0) is 14.2 Å². The van der Waals surface area contributed by atoms with E-state index < -0.39 is 11.9 Å². The molecule has 0 bridgehead atoms. The molecule has 1 N–H and O–H groups in total. The van der Waals surface area contributed by atoms with E-state index >= 15 is 0 Å². The molecule has 88 valence electrons. The van der Waals surface area contributed by atoms with Crippen molar-refractivity contribution in [1.82, 2.24) is 0 Å². The van der Waals surface area contributed by atoms with Crippen LogP contribution >= 0.6 is 11.8 Å². The Balaban J connectivity index is 2.16. The summed E-state index contributed by atoms with van der Waals surface area (Å²) in [5.74, 6) is -0.624. The van der Waals surface area contributed by atoms with Crippen molar-refractivity contribution in [2.75, 3.05) is 6.26 Å². The van der Waals surface area contributed by atoms with E-state index in [-0.39, 0.29) is 23.7 Å². The molecule has 5 heteroatoms. The van der Waals surface area contributed by atoms with E-state index in [0.717, 1.165) is 0 Å². The van der Waals surface area contributed by atoms with Gasteiger partial charge in [0.25, 0.3) is 0 Å². The standard InChI is InChI=1S/C10H18O4S/c1-5-7-8(14-10(2,3)13-7)6(11)9(12-5)15-4/h5-9,11H,1-4H3/t5-,6-,7+,8-,9+/m0/s1. The maximum atomic E-state index is 10.0. The third-order valence-corrected chi connectivity index (χ3v) is 3.68. The molecule has 0 aliphatic carbocycles. The molecule has 0 radical (unpaired) electrons. The van der Waals surface area contributed by atoms with Crippen molar-refractivity contribution >= 4 is 11.8 Å². The van der Waals surface area contributed by atoms with Crippen LogP contribution in [0.1, 0.15) is 20.8 Å². The molecule has 0 aromatic carbocycles. The number of aliphatic hydroxyl groups excluding tert-OH is 1. The maximum Gasteiger partial charge on any atom is 0.164 e. The zero-order valence-electron chi connectivity index (χ0n) is 9.47. The van der Waals surface area contributed by atoms with Gasteiger partial charge >= 0.3 is 0 Å². The van der Waals surface area contributed by atoms with Gasteiger partial charge in [-0.05, 0) is 27.0 Å². The van der Waals surface area contributed by atoms with Crippen molar-refractivity contribution < 1.29 is 19.3 Å². The quantitative estimate of drug-likeness (QED) is 0.732. The van der Waals surface area contributed by atoms with Gasteiger partial charge in [-0.15, -0.1) is 11.8 Å². The third-order valence-electron chi connectivity index (χ3n) is 2.82. The van der Waals surface area contributed by atoms with Crippen molar-refractivity contribution in [3.8, 4) is 0 Å². The first kappa shape index (κ1) is 11.7. The lowest BCUT2D eigenvalue weighted by Gasteiger charge is -2.37. The molecule has 0 amide bonds. The van der Waals surface area contributed by atoms with Crippen LogP contribution in [0, 0.1) is 0 Å². The van der Waals surface area contributed by atoms with E-state index in [9.17, 15) is 5.11 Å². The van der Waals surface area contributed by atoms with Gasteiger partial charge < -0.3 is 19.3 Å². The van der Waals surface area contributed by atoms with Gasteiger partial charge in [-0.25, -0.2) is 0 Å². The molecule has 0 saturated carbocycles. The Labute approximate surface area is 94.3 Å². The molecule has 15 heavy (non-hydrogen) atoms.